The summed E-state index contributed by atoms with van der Waals surface area (Å²) in [6.07, 6.45) is 1.14. The van der Waals surface area contributed by atoms with Crippen molar-refractivity contribution in [3.05, 3.63) is 34.2 Å². The molecule has 2 rings (SSSR count). The summed E-state index contributed by atoms with van der Waals surface area (Å²) in [5.41, 5.74) is 2.80. The van der Waals surface area contributed by atoms with Gasteiger partial charge >= 0.3 is 5.69 Å². The molecule has 0 aliphatic carbocycles. The summed E-state index contributed by atoms with van der Waals surface area (Å²) in [5, 5.41) is 3.14. The van der Waals surface area contributed by atoms with Crippen LogP contribution in [0, 0.1) is 0 Å². The number of aromatic nitrogens is 2. The lowest BCUT2D eigenvalue weighted by atomic mass is 10.2. The maximum atomic E-state index is 11.2. The molecule has 0 aliphatic heterocycles. The Balaban J connectivity index is 2.00. The molecule has 0 amide bonds. The fourth-order valence-corrected chi connectivity index (χ4v) is 2.09. The van der Waals surface area contributed by atoms with Gasteiger partial charge in [-0.3, -0.25) is 0 Å². The van der Waals surface area contributed by atoms with Crippen LogP contribution in [0.3, 0.4) is 0 Å². The number of hydrogen-bond acceptors (Lipinski definition) is 3. The number of H-pyrrole nitrogens is 2. The number of nitrogens with one attached hydrogen (secondary N) is 3. The number of benzene rings is 1. The second-order valence-electron chi connectivity index (χ2n) is 4.65. The highest BCUT2D eigenvalue weighted by atomic mass is 16.1. The van der Waals surface area contributed by atoms with Crippen LogP contribution in [0.25, 0.3) is 11.0 Å². The minimum Gasteiger partial charge on any atom is -0.320 e. The predicted octanol–water partition coefficient (Wildman–Crippen LogP) is 0.897. The molecule has 1 aromatic heterocycles. The normalized spacial score (nSPS) is 11.5. The summed E-state index contributed by atoms with van der Waals surface area (Å²) in [7, 11) is 4.08. The average Bonchev–Trinajstić information content (AvgIpc) is 2.69. The Hall–Kier alpha value is -1.59. The van der Waals surface area contributed by atoms with Crippen molar-refractivity contribution in [1.29, 1.82) is 0 Å². The quantitative estimate of drug-likeness (QED) is 0.665. The van der Waals surface area contributed by atoms with Crippen molar-refractivity contribution in [2.24, 2.45) is 0 Å². The number of aromatic amines is 2. The largest absolute Gasteiger partial charge is 0.323 e. The number of rotatable bonds is 6. The SMILES string of the molecule is CNCCCN(C)Cc1ccc2[nH]c(=O)[nH]c2c1. The first kappa shape index (κ1) is 12.9. The van der Waals surface area contributed by atoms with E-state index in [1.165, 1.54) is 5.56 Å². The van der Waals surface area contributed by atoms with Crippen molar-refractivity contribution >= 4 is 11.0 Å². The van der Waals surface area contributed by atoms with Gasteiger partial charge in [-0.1, -0.05) is 6.07 Å². The van der Waals surface area contributed by atoms with Gasteiger partial charge < -0.3 is 20.2 Å². The summed E-state index contributed by atoms with van der Waals surface area (Å²) in [4.78, 5) is 19.0. The standard InChI is InChI=1S/C13H20N4O/c1-14-6-3-7-17(2)9-10-4-5-11-12(8-10)16-13(18)15-11/h4-5,8,14H,3,6-7,9H2,1-2H3,(H2,15,16,18). The monoisotopic (exact) mass is 248 g/mol. The van der Waals surface area contributed by atoms with Crippen molar-refractivity contribution in [2.45, 2.75) is 13.0 Å². The lowest BCUT2D eigenvalue weighted by Crippen LogP contribution is -2.22. The van der Waals surface area contributed by atoms with E-state index in [-0.39, 0.29) is 5.69 Å². The fourth-order valence-electron chi connectivity index (χ4n) is 2.09. The summed E-state index contributed by atoms with van der Waals surface area (Å²) in [5.74, 6) is 0. The van der Waals surface area contributed by atoms with Crippen molar-refractivity contribution in [2.75, 3.05) is 27.2 Å². The molecule has 0 aliphatic rings. The van der Waals surface area contributed by atoms with Gasteiger partial charge in [0.25, 0.3) is 0 Å². The van der Waals surface area contributed by atoms with Crippen LogP contribution in [0.2, 0.25) is 0 Å². The maximum absolute atomic E-state index is 11.2. The molecule has 1 heterocycles. The molecule has 5 heteroatoms. The zero-order chi connectivity index (χ0) is 13.0. The van der Waals surface area contributed by atoms with Crippen molar-refractivity contribution in [1.82, 2.24) is 20.2 Å². The molecule has 0 atom stereocenters. The first-order valence-electron chi connectivity index (χ1n) is 6.23. The summed E-state index contributed by atoms with van der Waals surface area (Å²) >= 11 is 0. The van der Waals surface area contributed by atoms with Crippen LogP contribution in [-0.2, 0) is 6.54 Å². The second kappa shape index (κ2) is 5.84. The first-order valence-corrected chi connectivity index (χ1v) is 6.23. The van der Waals surface area contributed by atoms with Crippen LogP contribution in [0.15, 0.2) is 23.0 Å². The third kappa shape index (κ3) is 3.21. The van der Waals surface area contributed by atoms with Gasteiger partial charge in [-0.2, -0.15) is 0 Å². The summed E-state index contributed by atoms with van der Waals surface area (Å²) < 4.78 is 0. The van der Waals surface area contributed by atoms with Gasteiger partial charge in [0.2, 0.25) is 0 Å². The molecular weight excluding hydrogens is 228 g/mol. The zero-order valence-corrected chi connectivity index (χ0v) is 10.9. The highest BCUT2D eigenvalue weighted by Crippen LogP contribution is 2.11. The molecule has 0 bridgehead atoms. The third-order valence-electron chi connectivity index (χ3n) is 3.00. The molecule has 18 heavy (non-hydrogen) atoms. The molecule has 3 N–H and O–H groups in total. The highest BCUT2D eigenvalue weighted by Gasteiger charge is 2.03. The van der Waals surface area contributed by atoms with Crippen LogP contribution in [0.5, 0.6) is 0 Å². The van der Waals surface area contributed by atoms with E-state index in [2.05, 4.69) is 33.3 Å². The topological polar surface area (TPSA) is 63.9 Å². The Morgan fingerprint density at radius 1 is 1.28 bits per heavy atom. The van der Waals surface area contributed by atoms with Gasteiger partial charge in [-0.25, -0.2) is 4.79 Å². The zero-order valence-electron chi connectivity index (χ0n) is 10.9. The van der Waals surface area contributed by atoms with E-state index in [0.29, 0.717) is 0 Å². The van der Waals surface area contributed by atoms with Gasteiger partial charge in [0.05, 0.1) is 11.0 Å². The Bertz CT molecular complexity index is 557. The summed E-state index contributed by atoms with van der Waals surface area (Å²) in [6, 6.07) is 6.03. The van der Waals surface area contributed by atoms with Crippen molar-refractivity contribution < 1.29 is 0 Å². The average molecular weight is 248 g/mol. The maximum Gasteiger partial charge on any atom is 0.323 e. The molecule has 0 unspecified atom stereocenters. The van der Waals surface area contributed by atoms with Gasteiger partial charge in [0, 0.05) is 6.54 Å². The highest BCUT2D eigenvalue weighted by molar-refractivity contribution is 5.74. The molecule has 0 saturated carbocycles. The van der Waals surface area contributed by atoms with E-state index in [9.17, 15) is 4.79 Å². The molecule has 5 nitrogen and oxygen atoms in total. The van der Waals surface area contributed by atoms with Gasteiger partial charge in [0.1, 0.15) is 0 Å². The van der Waals surface area contributed by atoms with Crippen LogP contribution >= 0.6 is 0 Å². The number of nitrogens with zero attached hydrogens (tertiary/aromatic N) is 1. The van der Waals surface area contributed by atoms with E-state index < -0.39 is 0 Å². The van der Waals surface area contributed by atoms with Crippen LogP contribution < -0.4 is 11.0 Å². The lowest BCUT2D eigenvalue weighted by molar-refractivity contribution is 0.321. The fraction of sp³-hybridized carbons (Fsp3) is 0.462. The molecule has 2 aromatic rings. The van der Waals surface area contributed by atoms with E-state index in [4.69, 9.17) is 0 Å². The van der Waals surface area contributed by atoms with Gasteiger partial charge in [-0.05, 0) is 51.3 Å². The lowest BCUT2D eigenvalue weighted by Gasteiger charge is -2.16. The number of fused-ring (bicyclic) bond motifs is 1. The van der Waals surface area contributed by atoms with E-state index in [0.717, 1.165) is 37.1 Å². The molecule has 98 valence electrons. The Morgan fingerprint density at radius 3 is 2.83 bits per heavy atom. The summed E-state index contributed by atoms with van der Waals surface area (Å²) in [6.45, 7) is 2.99. The molecular formula is C13H20N4O. The van der Waals surface area contributed by atoms with Gasteiger partial charge in [-0.15, -0.1) is 0 Å². The smallest absolute Gasteiger partial charge is 0.320 e. The molecule has 0 spiro atoms. The predicted molar refractivity (Wildman–Crippen MR) is 73.8 cm³/mol. The Morgan fingerprint density at radius 2 is 2.06 bits per heavy atom. The molecule has 0 saturated heterocycles. The Labute approximate surface area is 106 Å². The van der Waals surface area contributed by atoms with Crippen LogP contribution in [-0.4, -0.2) is 42.1 Å². The van der Waals surface area contributed by atoms with Gasteiger partial charge in [0.15, 0.2) is 0 Å². The minimum atomic E-state index is -0.149. The van der Waals surface area contributed by atoms with E-state index in [1.807, 2.05) is 19.2 Å². The molecule has 0 fully saturated rings. The first-order chi connectivity index (χ1) is 8.69. The minimum absolute atomic E-state index is 0.149. The van der Waals surface area contributed by atoms with E-state index in [1.54, 1.807) is 0 Å². The third-order valence-corrected chi connectivity index (χ3v) is 3.00. The molecule has 0 radical (unpaired) electrons. The molecule has 1 aromatic carbocycles. The van der Waals surface area contributed by atoms with Crippen LogP contribution in [0.1, 0.15) is 12.0 Å². The number of imidazole rings is 1. The second-order valence-corrected chi connectivity index (χ2v) is 4.65. The van der Waals surface area contributed by atoms with Crippen molar-refractivity contribution in [3.63, 3.8) is 0 Å². The Kier molecular flexibility index (Phi) is 4.17. The van der Waals surface area contributed by atoms with E-state index >= 15 is 0 Å². The van der Waals surface area contributed by atoms with Crippen LogP contribution in [0.4, 0.5) is 0 Å². The van der Waals surface area contributed by atoms with Crippen molar-refractivity contribution in [3.8, 4) is 0 Å². The number of hydrogen-bond donors (Lipinski definition) is 3.